The highest BCUT2D eigenvalue weighted by Gasteiger charge is 2.47. The number of hydrogen-bond acceptors (Lipinski definition) is 6. The first-order chi connectivity index (χ1) is 7.95. The smallest absolute Gasteiger partial charge is 0.375 e. The van der Waals surface area contributed by atoms with Gasteiger partial charge in [-0.2, -0.15) is 0 Å². The Labute approximate surface area is 97.2 Å². The SMILES string of the molecule is CCOC(=O)C(=O)[C@H]1C(=O)C(O)=C(CC)C1=O. The van der Waals surface area contributed by atoms with Gasteiger partial charge in [-0.1, -0.05) is 6.92 Å². The summed E-state index contributed by atoms with van der Waals surface area (Å²) in [5, 5.41) is 9.36. The fraction of sp³-hybridized carbons (Fsp3) is 0.455. The van der Waals surface area contributed by atoms with E-state index in [1.54, 1.807) is 6.92 Å². The lowest BCUT2D eigenvalue weighted by molar-refractivity contribution is -0.157. The first-order valence-electron chi connectivity index (χ1n) is 5.17. The fourth-order valence-corrected chi connectivity index (χ4v) is 1.60. The van der Waals surface area contributed by atoms with E-state index < -0.39 is 35.0 Å². The third-order valence-corrected chi connectivity index (χ3v) is 2.43. The number of hydrogen-bond donors (Lipinski definition) is 1. The Morgan fingerprint density at radius 2 is 1.82 bits per heavy atom. The highest BCUT2D eigenvalue weighted by atomic mass is 16.5. The summed E-state index contributed by atoms with van der Waals surface area (Å²) in [4.78, 5) is 45.8. The second-order valence-corrected chi connectivity index (χ2v) is 3.43. The molecule has 0 aromatic carbocycles. The number of ketones is 3. The summed E-state index contributed by atoms with van der Waals surface area (Å²) >= 11 is 0. The van der Waals surface area contributed by atoms with Crippen LogP contribution in [0.4, 0.5) is 0 Å². The van der Waals surface area contributed by atoms with Gasteiger partial charge in [0.2, 0.25) is 5.78 Å². The minimum absolute atomic E-state index is 0.0281. The Kier molecular flexibility index (Phi) is 3.77. The number of rotatable bonds is 4. The molecular formula is C11H12O6. The van der Waals surface area contributed by atoms with Crippen molar-refractivity contribution in [3.63, 3.8) is 0 Å². The summed E-state index contributed by atoms with van der Waals surface area (Å²) in [6.45, 7) is 3.03. The van der Waals surface area contributed by atoms with Crippen LogP contribution in [0.2, 0.25) is 0 Å². The zero-order valence-corrected chi connectivity index (χ0v) is 9.48. The molecule has 0 saturated carbocycles. The number of Topliss-reactive ketones (excluding diaryl/α,β-unsaturated/α-hetero) is 3. The monoisotopic (exact) mass is 240 g/mol. The van der Waals surface area contributed by atoms with Gasteiger partial charge in [-0.05, 0) is 13.3 Å². The largest absolute Gasteiger partial charge is 0.504 e. The molecule has 92 valence electrons. The quantitative estimate of drug-likeness (QED) is 0.425. The lowest BCUT2D eigenvalue weighted by Gasteiger charge is -2.05. The zero-order chi connectivity index (χ0) is 13.2. The molecule has 0 aromatic heterocycles. The Morgan fingerprint density at radius 1 is 1.24 bits per heavy atom. The van der Waals surface area contributed by atoms with Crippen LogP contribution in [0.1, 0.15) is 20.3 Å². The second-order valence-electron chi connectivity index (χ2n) is 3.43. The lowest BCUT2D eigenvalue weighted by atomic mass is 9.97. The second kappa shape index (κ2) is 4.90. The van der Waals surface area contributed by atoms with Gasteiger partial charge in [0.1, 0.15) is 0 Å². The predicted octanol–water partition coefficient (Wildman–Crippen LogP) is 0.109. The third-order valence-electron chi connectivity index (χ3n) is 2.43. The minimum atomic E-state index is -1.76. The number of allylic oxidation sites excluding steroid dienone is 2. The Bertz CT molecular complexity index is 431. The van der Waals surface area contributed by atoms with E-state index >= 15 is 0 Å². The molecule has 0 radical (unpaired) electrons. The number of carbonyl (C=O) groups is 4. The first kappa shape index (κ1) is 13.1. The van der Waals surface area contributed by atoms with Gasteiger partial charge in [0, 0.05) is 5.57 Å². The number of ether oxygens (including phenoxy) is 1. The third kappa shape index (κ3) is 2.11. The van der Waals surface area contributed by atoms with Crippen molar-refractivity contribution in [1.82, 2.24) is 0 Å². The number of aliphatic hydroxyl groups is 1. The van der Waals surface area contributed by atoms with Crippen molar-refractivity contribution in [3.05, 3.63) is 11.3 Å². The molecule has 1 N–H and O–H groups in total. The van der Waals surface area contributed by atoms with Gasteiger partial charge in [0.25, 0.3) is 5.78 Å². The van der Waals surface area contributed by atoms with Crippen molar-refractivity contribution in [2.45, 2.75) is 20.3 Å². The standard InChI is InChI=1S/C11H12O6/c1-3-5-7(12)6(9(14)8(5)13)10(15)11(16)17-4-2/h6,13H,3-4H2,1-2H3/t6-/m1/s1. The van der Waals surface area contributed by atoms with E-state index in [2.05, 4.69) is 4.74 Å². The number of carbonyl (C=O) groups excluding carboxylic acids is 4. The van der Waals surface area contributed by atoms with Crippen LogP contribution in [-0.4, -0.2) is 35.0 Å². The maximum absolute atomic E-state index is 11.6. The minimum Gasteiger partial charge on any atom is -0.504 e. The van der Waals surface area contributed by atoms with E-state index in [0.29, 0.717) is 0 Å². The van der Waals surface area contributed by atoms with Crippen molar-refractivity contribution in [1.29, 1.82) is 0 Å². The van der Waals surface area contributed by atoms with Crippen LogP contribution >= 0.6 is 0 Å². The molecule has 1 rings (SSSR count). The molecular weight excluding hydrogens is 228 g/mol. The average molecular weight is 240 g/mol. The van der Waals surface area contributed by atoms with Gasteiger partial charge in [-0.15, -0.1) is 0 Å². The fourth-order valence-electron chi connectivity index (χ4n) is 1.60. The Hall–Kier alpha value is -1.98. The molecule has 0 fully saturated rings. The van der Waals surface area contributed by atoms with E-state index in [1.807, 2.05) is 0 Å². The van der Waals surface area contributed by atoms with Crippen LogP contribution in [-0.2, 0) is 23.9 Å². The molecule has 0 heterocycles. The maximum atomic E-state index is 11.6. The van der Waals surface area contributed by atoms with Gasteiger partial charge in [0.15, 0.2) is 17.5 Å². The topological polar surface area (TPSA) is 97.7 Å². The van der Waals surface area contributed by atoms with Gasteiger partial charge < -0.3 is 9.84 Å². The van der Waals surface area contributed by atoms with Crippen molar-refractivity contribution in [2.75, 3.05) is 6.61 Å². The molecule has 0 bridgehead atoms. The van der Waals surface area contributed by atoms with E-state index in [4.69, 9.17) is 0 Å². The highest BCUT2D eigenvalue weighted by Crippen LogP contribution is 2.26. The predicted molar refractivity (Wildman–Crippen MR) is 55.1 cm³/mol. The summed E-state index contributed by atoms with van der Waals surface area (Å²) in [5.74, 6) is -6.77. The molecule has 0 unspecified atom stereocenters. The van der Waals surface area contributed by atoms with Crippen molar-refractivity contribution >= 4 is 23.3 Å². The van der Waals surface area contributed by atoms with Crippen molar-refractivity contribution < 1.29 is 29.0 Å². The number of aliphatic hydroxyl groups excluding tert-OH is 1. The summed E-state index contributed by atoms with van der Waals surface area (Å²) in [6, 6.07) is 0. The molecule has 0 aromatic rings. The van der Waals surface area contributed by atoms with Gasteiger partial charge in [0.05, 0.1) is 6.61 Å². The van der Waals surface area contributed by atoms with Crippen LogP contribution < -0.4 is 0 Å². The van der Waals surface area contributed by atoms with Crippen molar-refractivity contribution in [3.8, 4) is 0 Å². The summed E-state index contributed by atoms with van der Waals surface area (Å²) < 4.78 is 4.42. The molecule has 0 aliphatic heterocycles. The van der Waals surface area contributed by atoms with Gasteiger partial charge in [-0.3, -0.25) is 14.4 Å². The first-order valence-corrected chi connectivity index (χ1v) is 5.17. The van der Waals surface area contributed by atoms with Crippen LogP contribution in [0.25, 0.3) is 0 Å². The van der Waals surface area contributed by atoms with E-state index in [-0.39, 0.29) is 18.6 Å². The Balaban J connectivity index is 2.97. The maximum Gasteiger partial charge on any atom is 0.375 e. The van der Waals surface area contributed by atoms with Crippen LogP contribution in [0.5, 0.6) is 0 Å². The van der Waals surface area contributed by atoms with Crippen LogP contribution in [0, 0.1) is 5.92 Å². The molecule has 0 amide bonds. The van der Waals surface area contributed by atoms with Gasteiger partial charge in [-0.25, -0.2) is 4.79 Å². The summed E-state index contributed by atoms with van der Waals surface area (Å²) in [6.07, 6.45) is 0.128. The average Bonchev–Trinajstić information content (AvgIpc) is 2.50. The number of esters is 1. The van der Waals surface area contributed by atoms with E-state index in [9.17, 15) is 24.3 Å². The van der Waals surface area contributed by atoms with Crippen LogP contribution in [0.15, 0.2) is 11.3 Å². The molecule has 0 spiro atoms. The van der Waals surface area contributed by atoms with E-state index in [0.717, 1.165) is 0 Å². The molecule has 17 heavy (non-hydrogen) atoms. The molecule has 6 nitrogen and oxygen atoms in total. The highest BCUT2D eigenvalue weighted by molar-refractivity contribution is 6.48. The van der Waals surface area contributed by atoms with Gasteiger partial charge >= 0.3 is 5.97 Å². The zero-order valence-electron chi connectivity index (χ0n) is 9.48. The molecule has 1 aliphatic rings. The molecule has 0 saturated heterocycles. The van der Waals surface area contributed by atoms with E-state index in [1.165, 1.54) is 6.92 Å². The summed E-state index contributed by atoms with van der Waals surface area (Å²) in [7, 11) is 0. The lowest BCUT2D eigenvalue weighted by Crippen LogP contribution is -2.34. The van der Waals surface area contributed by atoms with Crippen molar-refractivity contribution in [2.24, 2.45) is 5.92 Å². The molecule has 6 heteroatoms. The normalized spacial score (nSPS) is 19.8. The molecule has 1 atom stereocenters. The summed E-state index contributed by atoms with van der Waals surface area (Å²) in [5.41, 5.74) is -0.113. The van der Waals surface area contributed by atoms with Crippen LogP contribution in [0.3, 0.4) is 0 Å². The molecule has 1 aliphatic carbocycles. The Morgan fingerprint density at radius 3 is 2.24 bits per heavy atom.